The van der Waals surface area contributed by atoms with Crippen LogP contribution < -0.4 is 14.8 Å². The number of amides is 2. The van der Waals surface area contributed by atoms with Crippen LogP contribution in [-0.4, -0.2) is 81.0 Å². The van der Waals surface area contributed by atoms with Crippen LogP contribution in [0.25, 0.3) is 11.4 Å². The average Bonchev–Trinajstić information content (AvgIpc) is 3.25. The van der Waals surface area contributed by atoms with E-state index in [0.717, 1.165) is 6.42 Å². The first-order valence-corrected chi connectivity index (χ1v) is 11.4. The van der Waals surface area contributed by atoms with Crippen molar-refractivity contribution in [2.45, 2.75) is 65.1 Å². The number of aromatic nitrogens is 4. The van der Waals surface area contributed by atoms with Gasteiger partial charge in [-0.25, -0.2) is 0 Å². The summed E-state index contributed by atoms with van der Waals surface area (Å²) in [5.74, 6) is 0.871. The van der Waals surface area contributed by atoms with Gasteiger partial charge in [-0.05, 0) is 57.0 Å². The number of hydrogen-bond donors (Lipinski definition) is 2. The molecule has 2 amide bonds. The second kappa shape index (κ2) is 12.3. The Balaban J connectivity index is 2.24. The summed E-state index contributed by atoms with van der Waals surface area (Å²) >= 11 is 0. The third-order valence-electron chi connectivity index (χ3n) is 4.99. The van der Waals surface area contributed by atoms with Gasteiger partial charge in [0.2, 0.25) is 17.6 Å². The Morgan fingerprint density at radius 3 is 2.50 bits per heavy atom. The van der Waals surface area contributed by atoms with E-state index in [4.69, 9.17) is 9.47 Å². The van der Waals surface area contributed by atoms with Gasteiger partial charge in [0.1, 0.15) is 12.6 Å². The summed E-state index contributed by atoms with van der Waals surface area (Å²) < 4.78 is 10.6. The summed E-state index contributed by atoms with van der Waals surface area (Å²) in [7, 11) is 3.09. The number of nitrogens with one attached hydrogen (secondary N) is 1. The molecule has 11 heteroatoms. The van der Waals surface area contributed by atoms with Gasteiger partial charge < -0.3 is 24.8 Å². The van der Waals surface area contributed by atoms with Crippen LogP contribution in [0, 0.1) is 0 Å². The molecule has 0 saturated heterocycles. The van der Waals surface area contributed by atoms with E-state index in [-0.39, 0.29) is 31.5 Å². The van der Waals surface area contributed by atoms with Gasteiger partial charge in [-0.2, -0.15) is 4.80 Å². The first-order chi connectivity index (χ1) is 16.1. The van der Waals surface area contributed by atoms with Crippen LogP contribution in [0.15, 0.2) is 18.2 Å². The van der Waals surface area contributed by atoms with Crippen LogP contribution in [-0.2, 0) is 16.1 Å². The molecule has 2 N–H and O–H groups in total. The van der Waals surface area contributed by atoms with E-state index in [1.807, 2.05) is 27.7 Å². The lowest BCUT2D eigenvalue weighted by Crippen LogP contribution is -2.54. The van der Waals surface area contributed by atoms with E-state index in [1.165, 1.54) is 16.8 Å². The van der Waals surface area contributed by atoms with E-state index < -0.39 is 11.6 Å². The van der Waals surface area contributed by atoms with Gasteiger partial charge in [0.25, 0.3) is 0 Å². The van der Waals surface area contributed by atoms with Gasteiger partial charge in [-0.15, -0.1) is 10.2 Å². The van der Waals surface area contributed by atoms with Gasteiger partial charge in [0, 0.05) is 24.3 Å². The Hall–Kier alpha value is -3.21. The highest BCUT2D eigenvalue weighted by Gasteiger charge is 2.31. The van der Waals surface area contributed by atoms with Crippen molar-refractivity contribution in [2.24, 2.45) is 0 Å². The van der Waals surface area contributed by atoms with E-state index in [9.17, 15) is 14.7 Å². The minimum atomic E-state index is -0.655. The zero-order chi connectivity index (χ0) is 25.3. The zero-order valence-electron chi connectivity index (χ0n) is 20.9. The number of nitrogens with zero attached hydrogens (tertiary/aromatic N) is 5. The molecule has 0 radical (unpaired) electrons. The molecule has 2 aromatic rings. The lowest BCUT2D eigenvalue weighted by Gasteiger charge is -2.33. The summed E-state index contributed by atoms with van der Waals surface area (Å²) in [4.78, 5) is 28.9. The van der Waals surface area contributed by atoms with Crippen molar-refractivity contribution in [3.63, 3.8) is 0 Å². The summed E-state index contributed by atoms with van der Waals surface area (Å²) in [5.41, 5.74) is 0.221. The Bertz CT molecular complexity index is 956. The molecule has 0 saturated carbocycles. The van der Waals surface area contributed by atoms with Gasteiger partial charge in [-0.1, -0.05) is 13.3 Å². The fourth-order valence-electron chi connectivity index (χ4n) is 3.46. The van der Waals surface area contributed by atoms with E-state index in [2.05, 4.69) is 20.7 Å². The highest BCUT2D eigenvalue weighted by Crippen LogP contribution is 2.30. The number of hydrogen-bond acceptors (Lipinski definition) is 8. The van der Waals surface area contributed by atoms with E-state index >= 15 is 0 Å². The molecule has 188 valence electrons. The number of methoxy groups -OCH3 is 2. The molecule has 0 bridgehead atoms. The third kappa shape index (κ3) is 7.41. The fraction of sp³-hybridized carbons (Fsp3) is 0.609. The maximum Gasteiger partial charge on any atom is 0.246 e. The highest BCUT2D eigenvalue weighted by atomic mass is 16.5. The first-order valence-electron chi connectivity index (χ1n) is 11.4. The molecule has 0 aliphatic heterocycles. The lowest BCUT2D eigenvalue weighted by molar-refractivity contribution is -0.142. The smallest absolute Gasteiger partial charge is 0.246 e. The van der Waals surface area contributed by atoms with Gasteiger partial charge in [-0.3, -0.25) is 9.59 Å². The third-order valence-corrected chi connectivity index (χ3v) is 4.99. The topological polar surface area (TPSA) is 132 Å². The molecule has 11 nitrogen and oxygen atoms in total. The van der Waals surface area contributed by atoms with Crippen molar-refractivity contribution in [1.82, 2.24) is 30.4 Å². The second-order valence-electron chi connectivity index (χ2n) is 8.92. The fourth-order valence-corrected chi connectivity index (χ4v) is 3.46. The number of benzene rings is 1. The normalized spacial score (nSPS) is 12.2. The van der Waals surface area contributed by atoms with Crippen LogP contribution >= 0.6 is 0 Å². The number of rotatable bonds is 12. The van der Waals surface area contributed by atoms with Crippen LogP contribution in [0.1, 0.15) is 47.0 Å². The van der Waals surface area contributed by atoms with Gasteiger partial charge in [0.15, 0.2) is 11.5 Å². The summed E-state index contributed by atoms with van der Waals surface area (Å²) in [6.45, 7) is 7.60. The van der Waals surface area contributed by atoms with Gasteiger partial charge >= 0.3 is 0 Å². The molecule has 0 unspecified atom stereocenters. The molecule has 1 heterocycles. The molecule has 34 heavy (non-hydrogen) atoms. The average molecular weight is 477 g/mol. The molecule has 0 fully saturated rings. The molecule has 1 aromatic carbocycles. The Kier molecular flexibility index (Phi) is 9.79. The van der Waals surface area contributed by atoms with Crippen LogP contribution in [0.3, 0.4) is 0 Å². The molecule has 1 atom stereocenters. The van der Waals surface area contributed by atoms with Crippen LogP contribution in [0.2, 0.25) is 0 Å². The quantitative estimate of drug-likeness (QED) is 0.473. The molecule has 1 aromatic heterocycles. The number of carbonyl (C=O) groups is 2. The van der Waals surface area contributed by atoms with Gasteiger partial charge in [0.05, 0.1) is 14.2 Å². The number of aliphatic hydroxyl groups excluding tert-OH is 1. The molecular formula is C23H36N6O5. The molecule has 0 spiro atoms. The Labute approximate surface area is 200 Å². The minimum absolute atomic E-state index is 0.0887. The van der Waals surface area contributed by atoms with Crippen molar-refractivity contribution >= 4 is 11.8 Å². The van der Waals surface area contributed by atoms with Crippen molar-refractivity contribution in [1.29, 1.82) is 0 Å². The highest BCUT2D eigenvalue weighted by molar-refractivity contribution is 5.88. The maximum absolute atomic E-state index is 13.2. The van der Waals surface area contributed by atoms with Crippen molar-refractivity contribution in [2.75, 3.05) is 27.4 Å². The van der Waals surface area contributed by atoms with Crippen LogP contribution in [0.4, 0.5) is 0 Å². The zero-order valence-corrected chi connectivity index (χ0v) is 20.9. The number of ether oxygens (including phenoxy) is 2. The SMILES string of the molecule is CCC[C@@H](C(=O)NC(C)(C)C)N(CCCO)C(=O)Cn1nnc(-c2ccc(OC)c(OC)c2)n1. The molecule has 2 rings (SSSR count). The first kappa shape index (κ1) is 27.0. The molecule has 0 aliphatic rings. The van der Waals surface area contributed by atoms with Crippen molar-refractivity contribution < 1.29 is 24.2 Å². The maximum atomic E-state index is 13.2. The van der Waals surface area contributed by atoms with Crippen LogP contribution in [0.5, 0.6) is 11.5 Å². The summed E-state index contributed by atoms with van der Waals surface area (Å²) in [6.07, 6.45) is 1.58. The largest absolute Gasteiger partial charge is 0.493 e. The minimum Gasteiger partial charge on any atom is -0.493 e. The number of carbonyl (C=O) groups excluding carboxylic acids is 2. The predicted molar refractivity (Wildman–Crippen MR) is 126 cm³/mol. The second-order valence-corrected chi connectivity index (χ2v) is 8.92. The standard InChI is InChI=1S/C23H36N6O5/c1-7-9-17(22(32)24-23(2,3)4)28(12-8-13-30)20(31)15-29-26-21(25-27-29)16-10-11-18(33-5)19(14-16)34-6/h10-11,14,17,30H,7-9,12-13,15H2,1-6H3,(H,24,32)/t17-/m0/s1. The van der Waals surface area contributed by atoms with Crippen molar-refractivity contribution in [3.8, 4) is 22.9 Å². The summed E-state index contributed by atoms with van der Waals surface area (Å²) in [6, 6.07) is 4.58. The van der Waals surface area contributed by atoms with E-state index in [1.54, 1.807) is 25.3 Å². The predicted octanol–water partition coefficient (Wildman–Crippen LogP) is 1.65. The number of tetrazole rings is 1. The molecular weight excluding hydrogens is 440 g/mol. The summed E-state index contributed by atoms with van der Waals surface area (Å²) in [5, 5.41) is 24.7. The number of aliphatic hydroxyl groups is 1. The van der Waals surface area contributed by atoms with Crippen molar-refractivity contribution in [3.05, 3.63) is 18.2 Å². The Morgan fingerprint density at radius 1 is 1.21 bits per heavy atom. The van der Waals surface area contributed by atoms with E-state index in [0.29, 0.717) is 35.7 Å². The monoisotopic (exact) mass is 476 g/mol. The Morgan fingerprint density at radius 2 is 1.91 bits per heavy atom. The lowest BCUT2D eigenvalue weighted by atomic mass is 10.0. The molecule has 0 aliphatic carbocycles.